The number of rotatable bonds is 8. The number of hydrogen-bond donors (Lipinski definition) is 1. The van der Waals surface area contributed by atoms with Crippen LogP contribution in [0.4, 0.5) is 0 Å². The fourth-order valence-electron chi connectivity index (χ4n) is 2.51. The molecule has 0 radical (unpaired) electrons. The Morgan fingerprint density at radius 1 is 1.36 bits per heavy atom. The number of fused-ring (bicyclic) bond motifs is 1. The van der Waals surface area contributed by atoms with Gasteiger partial charge in [-0.2, -0.15) is 0 Å². The smallest absolute Gasteiger partial charge is 0.262 e. The van der Waals surface area contributed by atoms with Gasteiger partial charge in [0.05, 0.1) is 16.2 Å². The van der Waals surface area contributed by atoms with Crippen molar-refractivity contribution < 1.29 is 4.79 Å². The minimum atomic E-state index is -0.332. The zero-order valence-electron chi connectivity index (χ0n) is 14.8. The number of nitrogens with one attached hydrogen (secondary N) is 1. The Morgan fingerprint density at radius 3 is 2.80 bits per heavy atom. The number of aromatic nitrogens is 2. The van der Waals surface area contributed by atoms with Gasteiger partial charge < -0.3 is 5.32 Å². The van der Waals surface area contributed by atoms with Gasteiger partial charge >= 0.3 is 0 Å². The van der Waals surface area contributed by atoms with Crippen LogP contribution in [-0.4, -0.2) is 27.3 Å². The molecule has 1 N–H and O–H groups in total. The van der Waals surface area contributed by atoms with Crippen LogP contribution in [0.3, 0.4) is 0 Å². The van der Waals surface area contributed by atoms with Gasteiger partial charge in [-0.3, -0.25) is 14.2 Å². The van der Waals surface area contributed by atoms with Gasteiger partial charge in [0, 0.05) is 18.1 Å². The van der Waals surface area contributed by atoms with Crippen LogP contribution in [0.15, 0.2) is 28.2 Å². The number of carbonyl (C=O) groups excluding carboxylic acids is 1. The van der Waals surface area contributed by atoms with E-state index in [1.807, 2.05) is 13.8 Å². The number of unbranched alkanes of at least 4 members (excludes halogenated alkanes) is 2. The van der Waals surface area contributed by atoms with E-state index in [4.69, 9.17) is 11.6 Å². The molecule has 0 spiro atoms. The van der Waals surface area contributed by atoms with E-state index in [2.05, 4.69) is 17.2 Å². The van der Waals surface area contributed by atoms with Crippen LogP contribution in [0, 0.1) is 0 Å². The van der Waals surface area contributed by atoms with Crippen LogP contribution < -0.4 is 10.9 Å². The first-order chi connectivity index (χ1) is 12.0. The molecule has 1 amide bonds. The maximum Gasteiger partial charge on any atom is 0.262 e. The zero-order chi connectivity index (χ0) is 18.4. The van der Waals surface area contributed by atoms with Gasteiger partial charge in [-0.1, -0.05) is 43.1 Å². The number of amides is 1. The lowest BCUT2D eigenvalue weighted by Crippen LogP contribution is -2.31. The Morgan fingerprint density at radius 2 is 2.12 bits per heavy atom. The molecule has 0 saturated heterocycles. The summed E-state index contributed by atoms with van der Waals surface area (Å²) in [6.07, 6.45) is 3.02. The summed E-state index contributed by atoms with van der Waals surface area (Å²) >= 11 is 7.35. The molecule has 0 fully saturated rings. The summed E-state index contributed by atoms with van der Waals surface area (Å²) < 4.78 is 1.69. The lowest BCUT2D eigenvalue weighted by Gasteiger charge is -2.16. The second kappa shape index (κ2) is 9.25. The van der Waals surface area contributed by atoms with Gasteiger partial charge in [-0.05, 0) is 38.5 Å². The number of halogens is 1. The van der Waals surface area contributed by atoms with Crippen molar-refractivity contribution in [2.45, 2.75) is 57.0 Å². The lowest BCUT2D eigenvalue weighted by atomic mass is 10.2. The fourth-order valence-corrected chi connectivity index (χ4v) is 3.64. The van der Waals surface area contributed by atoms with Crippen LogP contribution in [0.5, 0.6) is 0 Å². The molecule has 7 heteroatoms. The average Bonchev–Trinajstić information content (AvgIpc) is 2.57. The van der Waals surface area contributed by atoms with Crippen molar-refractivity contribution >= 4 is 40.2 Å². The van der Waals surface area contributed by atoms with Crippen molar-refractivity contribution in [3.63, 3.8) is 0 Å². The first kappa shape index (κ1) is 19.8. The lowest BCUT2D eigenvalue weighted by molar-refractivity contribution is -0.120. The summed E-state index contributed by atoms with van der Waals surface area (Å²) in [6.45, 7) is 7.00. The minimum Gasteiger partial charge on any atom is -0.355 e. The summed E-state index contributed by atoms with van der Waals surface area (Å²) in [7, 11) is 0. The third kappa shape index (κ3) is 4.98. The maximum absolute atomic E-state index is 12.9. The molecule has 1 aromatic heterocycles. The van der Waals surface area contributed by atoms with Crippen molar-refractivity contribution in [1.82, 2.24) is 14.9 Å². The maximum atomic E-state index is 12.9. The Bertz CT molecular complexity index is 807. The average molecular weight is 382 g/mol. The Labute approximate surface area is 157 Å². The molecule has 1 heterocycles. The van der Waals surface area contributed by atoms with Crippen LogP contribution in [-0.2, 0) is 11.3 Å². The first-order valence-corrected chi connectivity index (χ1v) is 9.88. The SMILES string of the molecule is CCCCCn1c(SC(C)C(=O)NCC)nc2cc(Cl)ccc2c1=O. The number of hydrogen-bond acceptors (Lipinski definition) is 4. The molecule has 0 saturated carbocycles. The highest BCUT2D eigenvalue weighted by Gasteiger charge is 2.19. The van der Waals surface area contributed by atoms with Gasteiger partial charge in [-0.25, -0.2) is 4.98 Å². The summed E-state index contributed by atoms with van der Waals surface area (Å²) in [5.74, 6) is -0.0620. The molecule has 1 aromatic carbocycles. The van der Waals surface area contributed by atoms with E-state index in [0.717, 1.165) is 19.3 Å². The molecule has 136 valence electrons. The Hall–Kier alpha value is -1.53. The van der Waals surface area contributed by atoms with E-state index < -0.39 is 0 Å². The molecule has 0 bridgehead atoms. The topological polar surface area (TPSA) is 64.0 Å². The van der Waals surface area contributed by atoms with Crippen molar-refractivity contribution in [2.24, 2.45) is 0 Å². The van der Waals surface area contributed by atoms with E-state index in [-0.39, 0.29) is 16.7 Å². The molecular formula is C18H24ClN3O2S. The van der Waals surface area contributed by atoms with Crippen LogP contribution in [0.1, 0.15) is 40.0 Å². The van der Waals surface area contributed by atoms with Crippen molar-refractivity contribution in [3.8, 4) is 0 Å². The zero-order valence-corrected chi connectivity index (χ0v) is 16.4. The summed E-state index contributed by atoms with van der Waals surface area (Å²) in [5.41, 5.74) is 0.484. The standard InChI is InChI=1S/C18H24ClN3O2S/c1-4-6-7-10-22-17(24)14-9-8-13(19)11-15(14)21-18(22)25-12(3)16(23)20-5-2/h8-9,11-12H,4-7,10H2,1-3H3,(H,20,23). The third-order valence-corrected chi connectivity index (χ3v) is 5.20. The highest BCUT2D eigenvalue weighted by Crippen LogP contribution is 2.24. The third-order valence-electron chi connectivity index (χ3n) is 3.87. The molecule has 2 rings (SSSR count). The number of carbonyl (C=O) groups is 1. The normalized spacial score (nSPS) is 12.3. The second-order valence-electron chi connectivity index (χ2n) is 5.87. The largest absolute Gasteiger partial charge is 0.355 e. The predicted octanol–water partition coefficient (Wildman–Crippen LogP) is 3.86. The van der Waals surface area contributed by atoms with Crippen molar-refractivity contribution in [1.29, 1.82) is 0 Å². The van der Waals surface area contributed by atoms with Gasteiger partial charge in [0.25, 0.3) is 5.56 Å². The Balaban J connectivity index is 2.44. The molecule has 0 aliphatic carbocycles. The summed E-state index contributed by atoms with van der Waals surface area (Å²) in [5, 5.41) is 4.12. The van der Waals surface area contributed by atoms with Crippen LogP contribution in [0.25, 0.3) is 10.9 Å². The molecule has 25 heavy (non-hydrogen) atoms. The first-order valence-electron chi connectivity index (χ1n) is 8.62. The molecule has 1 unspecified atom stereocenters. The quantitative estimate of drug-likeness (QED) is 0.428. The summed E-state index contributed by atoms with van der Waals surface area (Å²) in [6, 6.07) is 5.11. The van der Waals surface area contributed by atoms with E-state index in [1.54, 1.807) is 22.8 Å². The second-order valence-corrected chi connectivity index (χ2v) is 7.62. The van der Waals surface area contributed by atoms with Crippen molar-refractivity contribution in [3.05, 3.63) is 33.6 Å². The number of thioether (sulfide) groups is 1. The molecule has 1 atom stereocenters. The number of nitrogens with zero attached hydrogens (tertiary/aromatic N) is 2. The monoisotopic (exact) mass is 381 g/mol. The van der Waals surface area contributed by atoms with E-state index >= 15 is 0 Å². The fraction of sp³-hybridized carbons (Fsp3) is 0.500. The number of benzene rings is 1. The summed E-state index contributed by atoms with van der Waals surface area (Å²) in [4.78, 5) is 29.6. The van der Waals surface area contributed by atoms with E-state index in [9.17, 15) is 9.59 Å². The van der Waals surface area contributed by atoms with E-state index in [0.29, 0.717) is 34.2 Å². The highest BCUT2D eigenvalue weighted by atomic mass is 35.5. The minimum absolute atomic E-state index is 0.0620. The highest BCUT2D eigenvalue weighted by molar-refractivity contribution is 8.00. The van der Waals surface area contributed by atoms with Gasteiger partial charge in [0.15, 0.2) is 5.16 Å². The molecule has 0 aliphatic rings. The van der Waals surface area contributed by atoms with Crippen molar-refractivity contribution in [2.75, 3.05) is 6.54 Å². The van der Waals surface area contributed by atoms with E-state index in [1.165, 1.54) is 11.8 Å². The molecule has 0 aliphatic heterocycles. The Kier molecular flexibility index (Phi) is 7.32. The van der Waals surface area contributed by atoms with Crippen LogP contribution >= 0.6 is 23.4 Å². The molecule has 2 aromatic rings. The molecular weight excluding hydrogens is 358 g/mol. The molecule has 5 nitrogen and oxygen atoms in total. The van der Waals surface area contributed by atoms with Gasteiger partial charge in [0.2, 0.25) is 5.91 Å². The van der Waals surface area contributed by atoms with Gasteiger partial charge in [-0.15, -0.1) is 0 Å². The van der Waals surface area contributed by atoms with Crippen LogP contribution in [0.2, 0.25) is 5.02 Å². The van der Waals surface area contributed by atoms with Gasteiger partial charge in [0.1, 0.15) is 0 Å². The predicted molar refractivity (Wildman–Crippen MR) is 105 cm³/mol.